The van der Waals surface area contributed by atoms with E-state index in [1.54, 1.807) is 29.1 Å². The quantitative estimate of drug-likeness (QED) is 0.916. The first-order chi connectivity index (χ1) is 9.15. The maximum atomic E-state index is 13.9. The van der Waals surface area contributed by atoms with E-state index in [2.05, 4.69) is 0 Å². The standard InChI is InChI=1S/C15H15FN2O/c1-2-14(19)12-6-7-18(9-12)10-13-5-3-4-11(8-17)15(13)16/h3-7,9,14,19H,2,10H2,1H3. The van der Waals surface area contributed by atoms with Gasteiger partial charge in [-0.25, -0.2) is 4.39 Å². The summed E-state index contributed by atoms with van der Waals surface area (Å²) < 4.78 is 15.7. The summed E-state index contributed by atoms with van der Waals surface area (Å²) in [5.74, 6) is -0.476. The second-order valence-corrected chi connectivity index (χ2v) is 4.43. The molecule has 0 bridgehead atoms. The Morgan fingerprint density at radius 1 is 1.42 bits per heavy atom. The number of hydrogen-bond acceptors (Lipinski definition) is 2. The van der Waals surface area contributed by atoms with Crippen molar-refractivity contribution in [1.82, 2.24) is 4.57 Å². The predicted octanol–water partition coefficient (Wildman–Crippen LogP) is 2.99. The number of benzene rings is 1. The topological polar surface area (TPSA) is 49.0 Å². The first kappa shape index (κ1) is 13.3. The lowest BCUT2D eigenvalue weighted by molar-refractivity contribution is 0.173. The van der Waals surface area contributed by atoms with Crippen molar-refractivity contribution in [2.24, 2.45) is 0 Å². The molecule has 1 atom stereocenters. The van der Waals surface area contributed by atoms with Crippen molar-refractivity contribution < 1.29 is 9.50 Å². The monoisotopic (exact) mass is 258 g/mol. The second-order valence-electron chi connectivity index (χ2n) is 4.43. The van der Waals surface area contributed by atoms with Crippen LogP contribution in [0.15, 0.2) is 36.7 Å². The normalized spacial score (nSPS) is 12.1. The molecular weight excluding hydrogens is 243 g/mol. The number of aliphatic hydroxyl groups is 1. The minimum absolute atomic E-state index is 0.0541. The third-order valence-electron chi connectivity index (χ3n) is 3.10. The van der Waals surface area contributed by atoms with Gasteiger partial charge in [-0.15, -0.1) is 0 Å². The third-order valence-corrected chi connectivity index (χ3v) is 3.10. The average molecular weight is 258 g/mol. The van der Waals surface area contributed by atoms with Crippen molar-refractivity contribution in [2.45, 2.75) is 26.0 Å². The fourth-order valence-electron chi connectivity index (χ4n) is 1.98. The van der Waals surface area contributed by atoms with E-state index in [0.29, 0.717) is 18.5 Å². The Morgan fingerprint density at radius 2 is 2.21 bits per heavy atom. The van der Waals surface area contributed by atoms with Crippen LogP contribution in [0.3, 0.4) is 0 Å². The number of aromatic nitrogens is 1. The molecule has 0 spiro atoms. The van der Waals surface area contributed by atoms with Crippen LogP contribution in [0, 0.1) is 17.1 Å². The second kappa shape index (κ2) is 5.68. The molecule has 1 unspecified atom stereocenters. The van der Waals surface area contributed by atoms with Crippen molar-refractivity contribution in [1.29, 1.82) is 5.26 Å². The molecule has 0 saturated heterocycles. The summed E-state index contributed by atoms with van der Waals surface area (Å²) in [6.45, 7) is 2.25. The Hall–Kier alpha value is -2.12. The summed E-state index contributed by atoms with van der Waals surface area (Å²) in [4.78, 5) is 0. The highest BCUT2D eigenvalue weighted by Crippen LogP contribution is 2.18. The zero-order chi connectivity index (χ0) is 13.8. The molecule has 0 radical (unpaired) electrons. The number of aliphatic hydroxyl groups excluding tert-OH is 1. The largest absolute Gasteiger partial charge is 0.388 e. The Morgan fingerprint density at radius 3 is 2.89 bits per heavy atom. The van der Waals surface area contributed by atoms with Crippen molar-refractivity contribution in [2.75, 3.05) is 0 Å². The van der Waals surface area contributed by atoms with Gasteiger partial charge < -0.3 is 9.67 Å². The van der Waals surface area contributed by atoms with Gasteiger partial charge in [0.25, 0.3) is 0 Å². The Labute approximate surface area is 111 Å². The van der Waals surface area contributed by atoms with Gasteiger partial charge in [0.15, 0.2) is 0 Å². The first-order valence-electron chi connectivity index (χ1n) is 6.17. The van der Waals surface area contributed by atoms with Gasteiger partial charge in [-0.3, -0.25) is 0 Å². The summed E-state index contributed by atoms with van der Waals surface area (Å²) in [5, 5.41) is 18.5. The summed E-state index contributed by atoms with van der Waals surface area (Å²) >= 11 is 0. The van der Waals surface area contributed by atoms with E-state index in [9.17, 15) is 9.50 Å². The molecule has 1 N–H and O–H groups in total. The van der Waals surface area contributed by atoms with Gasteiger partial charge in [-0.1, -0.05) is 19.1 Å². The van der Waals surface area contributed by atoms with Crippen LogP contribution in [0.2, 0.25) is 0 Å². The van der Waals surface area contributed by atoms with Crippen LogP contribution in [-0.4, -0.2) is 9.67 Å². The van der Waals surface area contributed by atoms with Gasteiger partial charge >= 0.3 is 0 Å². The number of rotatable bonds is 4. The maximum absolute atomic E-state index is 13.9. The summed E-state index contributed by atoms with van der Waals surface area (Å²) in [6.07, 6.45) is 3.75. The molecule has 98 valence electrons. The van der Waals surface area contributed by atoms with Crippen LogP contribution in [0.4, 0.5) is 4.39 Å². The molecule has 2 aromatic rings. The Kier molecular flexibility index (Phi) is 3.98. The van der Waals surface area contributed by atoms with Crippen LogP contribution in [0.5, 0.6) is 0 Å². The summed E-state index contributed by atoms with van der Waals surface area (Å²) in [6, 6.07) is 8.44. The maximum Gasteiger partial charge on any atom is 0.145 e. The van der Waals surface area contributed by atoms with Crippen LogP contribution >= 0.6 is 0 Å². The highest BCUT2D eigenvalue weighted by molar-refractivity contribution is 5.35. The van der Waals surface area contributed by atoms with E-state index in [1.165, 1.54) is 6.07 Å². The van der Waals surface area contributed by atoms with Crippen molar-refractivity contribution in [3.8, 4) is 6.07 Å². The summed E-state index contributed by atoms with van der Waals surface area (Å²) in [7, 11) is 0. The summed E-state index contributed by atoms with van der Waals surface area (Å²) in [5.41, 5.74) is 1.34. The molecule has 19 heavy (non-hydrogen) atoms. The molecule has 4 heteroatoms. The smallest absolute Gasteiger partial charge is 0.145 e. The molecular formula is C15H15FN2O. The van der Waals surface area contributed by atoms with E-state index in [1.807, 2.05) is 19.1 Å². The molecule has 0 aliphatic carbocycles. The van der Waals surface area contributed by atoms with Gasteiger partial charge in [-0.2, -0.15) is 5.26 Å². The van der Waals surface area contributed by atoms with Crippen molar-refractivity contribution in [3.05, 3.63) is 59.2 Å². The van der Waals surface area contributed by atoms with Crippen molar-refractivity contribution in [3.63, 3.8) is 0 Å². The van der Waals surface area contributed by atoms with Crippen LogP contribution in [0.1, 0.15) is 36.1 Å². The van der Waals surface area contributed by atoms with E-state index < -0.39 is 11.9 Å². The van der Waals surface area contributed by atoms with Gasteiger partial charge in [0.05, 0.1) is 11.7 Å². The van der Waals surface area contributed by atoms with E-state index in [-0.39, 0.29) is 5.56 Å². The molecule has 2 rings (SSSR count). The minimum Gasteiger partial charge on any atom is -0.388 e. The van der Waals surface area contributed by atoms with E-state index >= 15 is 0 Å². The molecule has 0 amide bonds. The zero-order valence-corrected chi connectivity index (χ0v) is 10.7. The van der Waals surface area contributed by atoms with Gasteiger partial charge in [0, 0.05) is 24.5 Å². The fraction of sp³-hybridized carbons (Fsp3) is 0.267. The Balaban J connectivity index is 2.22. The lowest BCUT2D eigenvalue weighted by Crippen LogP contribution is -2.01. The Bertz CT molecular complexity index is 613. The number of hydrogen-bond donors (Lipinski definition) is 1. The highest BCUT2D eigenvalue weighted by Gasteiger charge is 2.10. The molecule has 3 nitrogen and oxygen atoms in total. The number of halogens is 1. The molecule has 0 saturated carbocycles. The number of nitrogens with zero attached hydrogens (tertiary/aromatic N) is 2. The van der Waals surface area contributed by atoms with Gasteiger partial charge in [0.2, 0.25) is 0 Å². The van der Waals surface area contributed by atoms with Crippen LogP contribution < -0.4 is 0 Å². The van der Waals surface area contributed by atoms with Gasteiger partial charge in [0.1, 0.15) is 11.9 Å². The molecule has 0 fully saturated rings. The minimum atomic E-state index is -0.489. The fourth-order valence-corrected chi connectivity index (χ4v) is 1.98. The lowest BCUT2D eigenvalue weighted by Gasteiger charge is -2.07. The van der Waals surface area contributed by atoms with E-state index in [4.69, 9.17) is 5.26 Å². The van der Waals surface area contributed by atoms with E-state index in [0.717, 1.165) is 5.56 Å². The molecule has 1 heterocycles. The first-order valence-corrected chi connectivity index (χ1v) is 6.17. The predicted molar refractivity (Wildman–Crippen MR) is 69.9 cm³/mol. The van der Waals surface area contributed by atoms with Crippen LogP contribution in [-0.2, 0) is 6.54 Å². The lowest BCUT2D eigenvalue weighted by atomic mass is 10.1. The van der Waals surface area contributed by atoms with Crippen molar-refractivity contribution >= 4 is 0 Å². The molecule has 0 aliphatic rings. The average Bonchev–Trinajstić information content (AvgIpc) is 2.89. The van der Waals surface area contributed by atoms with Crippen LogP contribution in [0.25, 0.3) is 0 Å². The molecule has 0 aliphatic heterocycles. The molecule has 1 aromatic carbocycles. The number of nitriles is 1. The zero-order valence-electron chi connectivity index (χ0n) is 10.7. The highest BCUT2D eigenvalue weighted by atomic mass is 19.1. The van der Waals surface area contributed by atoms with Gasteiger partial charge in [-0.05, 0) is 24.1 Å². The molecule has 1 aromatic heterocycles. The third kappa shape index (κ3) is 2.83. The SMILES string of the molecule is CCC(O)c1ccn(Cc2cccc(C#N)c2F)c1.